The lowest BCUT2D eigenvalue weighted by Crippen LogP contribution is -2.10. The van der Waals surface area contributed by atoms with Crippen LogP contribution >= 0.6 is 15.9 Å². The molecule has 0 amide bonds. The lowest BCUT2D eigenvalue weighted by atomic mass is 10.1. The van der Waals surface area contributed by atoms with Crippen molar-refractivity contribution in [2.45, 2.75) is 6.92 Å². The fourth-order valence-corrected chi connectivity index (χ4v) is 1.86. The second kappa shape index (κ2) is 4.13. The zero-order chi connectivity index (χ0) is 11.7. The first-order valence-electron chi connectivity index (χ1n) is 4.62. The van der Waals surface area contributed by atoms with Gasteiger partial charge in [-0.25, -0.2) is 4.68 Å². The standard InChI is InChI=1S/C10H9BrN4O/c1-6-3-4-12-7(5-6)9(16)8-10(11)13-14-15(8)2/h3-5H,1-2H3. The van der Waals surface area contributed by atoms with E-state index in [2.05, 4.69) is 31.2 Å². The molecule has 2 rings (SSSR count). The van der Waals surface area contributed by atoms with E-state index in [4.69, 9.17) is 0 Å². The number of hydrogen-bond donors (Lipinski definition) is 0. The maximum atomic E-state index is 12.1. The normalized spacial score (nSPS) is 10.4. The van der Waals surface area contributed by atoms with Gasteiger partial charge in [-0.05, 0) is 40.5 Å². The number of aryl methyl sites for hydroxylation is 2. The number of carbonyl (C=O) groups is 1. The molecule has 6 heteroatoms. The van der Waals surface area contributed by atoms with Crippen LogP contribution in [0.25, 0.3) is 0 Å². The Hall–Kier alpha value is -1.56. The van der Waals surface area contributed by atoms with Crippen LogP contribution in [-0.2, 0) is 7.05 Å². The SMILES string of the molecule is Cc1ccnc(C(=O)c2c(Br)nnn2C)c1. The van der Waals surface area contributed by atoms with Crippen LogP contribution in [-0.4, -0.2) is 25.8 Å². The van der Waals surface area contributed by atoms with E-state index >= 15 is 0 Å². The van der Waals surface area contributed by atoms with Gasteiger partial charge in [0, 0.05) is 13.2 Å². The van der Waals surface area contributed by atoms with Gasteiger partial charge in [0.05, 0.1) is 0 Å². The van der Waals surface area contributed by atoms with Crippen LogP contribution in [0.2, 0.25) is 0 Å². The molecule has 0 unspecified atom stereocenters. The summed E-state index contributed by atoms with van der Waals surface area (Å²) in [6.45, 7) is 1.91. The maximum absolute atomic E-state index is 12.1. The van der Waals surface area contributed by atoms with Gasteiger partial charge in [0.1, 0.15) is 11.4 Å². The molecule has 0 saturated carbocycles. The Morgan fingerprint density at radius 2 is 2.25 bits per heavy atom. The van der Waals surface area contributed by atoms with Gasteiger partial charge in [-0.1, -0.05) is 5.21 Å². The molecular formula is C10H9BrN4O. The van der Waals surface area contributed by atoms with Crippen LogP contribution in [0, 0.1) is 6.92 Å². The average Bonchev–Trinajstić information content (AvgIpc) is 2.58. The fraction of sp³-hybridized carbons (Fsp3) is 0.200. The summed E-state index contributed by atoms with van der Waals surface area (Å²) in [5, 5.41) is 7.52. The van der Waals surface area contributed by atoms with Gasteiger partial charge in [-0.2, -0.15) is 0 Å². The monoisotopic (exact) mass is 280 g/mol. The molecule has 2 aromatic heterocycles. The molecule has 0 fully saturated rings. The molecule has 0 aliphatic rings. The van der Waals surface area contributed by atoms with E-state index in [-0.39, 0.29) is 5.78 Å². The largest absolute Gasteiger partial charge is 0.285 e. The van der Waals surface area contributed by atoms with Crippen LogP contribution in [0.15, 0.2) is 22.9 Å². The summed E-state index contributed by atoms with van der Waals surface area (Å²) in [5.74, 6) is -0.192. The van der Waals surface area contributed by atoms with Crippen molar-refractivity contribution in [3.63, 3.8) is 0 Å². The minimum atomic E-state index is -0.192. The Labute approximate surface area is 101 Å². The predicted octanol–water partition coefficient (Wildman–Crippen LogP) is 1.51. The highest BCUT2D eigenvalue weighted by Crippen LogP contribution is 2.15. The summed E-state index contributed by atoms with van der Waals surface area (Å²) in [7, 11) is 1.67. The second-order valence-electron chi connectivity index (χ2n) is 3.40. The van der Waals surface area contributed by atoms with Crippen molar-refractivity contribution in [1.82, 2.24) is 20.0 Å². The van der Waals surface area contributed by atoms with Gasteiger partial charge < -0.3 is 0 Å². The van der Waals surface area contributed by atoms with E-state index in [9.17, 15) is 4.79 Å². The Kier molecular flexibility index (Phi) is 2.82. The topological polar surface area (TPSA) is 60.7 Å². The zero-order valence-electron chi connectivity index (χ0n) is 8.81. The van der Waals surface area contributed by atoms with Crippen LogP contribution in [0.5, 0.6) is 0 Å². The average molecular weight is 281 g/mol. The van der Waals surface area contributed by atoms with Crippen molar-refractivity contribution in [2.75, 3.05) is 0 Å². The molecule has 0 saturated heterocycles. The molecule has 0 bridgehead atoms. The van der Waals surface area contributed by atoms with Crippen molar-refractivity contribution < 1.29 is 4.79 Å². The van der Waals surface area contributed by atoms with Crippen LogP contribution in [0.4, 0.5) is 0 Å². The molecule has 2 heterocycles. The van der Waals surface area contributed by atoms with E-state index in [1.807, 2.05) is 13.0 Å². The molecule has 0 radical (unpaired) electrons. The van der Waals surface area contributed by atoms with Gasteiger partial charge in [-0.3, -0.25) is 9.78 Å². The summed E-state index contributed by atoms with van der Waals surface area (Å²) in [5.41, 5.74) is 1.79. The molecule has 0 atom stereocenters. The molecule has 0 aromatic carbocycles. The van der Waals surface area contributed by atoms with Crippen LogP contribution < -0.4 is 0 Å². The number of aromatic nitrogens is 4. The third kappa shape index (κ3) is 1.88. The van der Waals surface area contributed by atoms with E-state index in [1.54, 1.807) is 19.3 Å². The summed E-state index contributed by atoms with van der Waals surface area (Å²) in [6, 6.07) is 3.58. The molecule has 0 aliphatic heterocycles. The minimum absolute atomic E-state index is 0.192. The Morgan fingerprint density at radius 1 is 1.50 bits per heavy atom. The highest BCUT2D eigenvalue weighted by molar-refractivity contribution is 9.10. The first kappa shape index (κ1) is 10.9. The first-order valence-corrected chi connectivity index (χ1v) is 5.41. The van der Waals surface area contributed by atoms with Crippen molar-refractivity contribution >= 4 is 21.7 Å². The number of rotatable bonds is 2. The quantitative estimate of drug-likeness (QED) is 0.783. The molecular weight excluding hydrogens is 272 g/mol. The van der Waals surface area contributed by atoms with Gasteiger partial charge in [0.25, 0.3) is 0 Å². The second-order valence-corrected chi connectivity index (χ2v) is 4.15. The van der Waals surface area contributed by atoms with Gasteiger partial charge in [-0.15, -0.1) is 5.10 Å². The zero-order valence-corrected chi connectivity index (χ0v) is 10.4. The molecule has 5 nitrogen and oxygen atoms in total. The van der Waals surface area contributed by atoms with Gasteiger partial charge in [0.2, 0.25) is 5.78 Å². The highest BCUT2D eigenvalue weighted by Gasteiger charge is 2.19. The van der Waals surface area contributed by atoms with Gasteiger partial charge >= 0.3 is 0 Å². The van der Waals surface area contributed by atoms with Crippen LogP contribution in [0.1, 0.15) is 21.7 Å². The van der Waals surface area contributed by atoms with Crippen molar-refractivity contribution in [3.05, 3.63) is 39.9 Å². The molecule has 2 aromatic rings. The third-order valence-corrected chi connectivity index (χ3v) is 2.68. The third-order valence-electron chi connectivity index (χ3n) is 2.15. The van der Waals surface area contributed by atoms with Gasteiger partial charge in [0.15, 0.2) is 4.60 Å². The summed E-state index contributed by atoms with van der Waals surface area (Å²) >= 11 is 3.19. The number of carbonyl (C=O) groups excluding carboxylic acids is 1. The number of nitrogens with zero attached hydrogens (tertiary/aromatic N) is 4. The van der Waals surface area contributed by atoms with Crippen molar-refractivity contribution in [1.29, 1.82) is 0 Å². The van der Waals surface area contributed by atoms with E-state index < -0.39 is 0 Å². The van der Waals surface area contributed by atoms with E-state index in [1.165, 1.54) is 4.68 Å². The van der Waals surface area contributed by atoms with Crippen LogP contribution in [0.3, 0.4) is 0 Å². The number of halogens is 1. The smallest absolute Gasteiger partial charge is 0.232 e. The molecule has 0 aliphatic carbocycles. The molecule has 0 N–H and O–H groups in total. The highest BCUT2D eigenvalue weighted by atomic mass is 79.9. The number of pyridine rings is 1. The van der Waals surface area contributed by atoms with E-state index in [0.29, 0.717) is 16.0 Å². The Morgan fingerprint density at radius 3 is 2.81 bits per heavy atom. The lowest BCUT2D eigenvalue weighted by molar-refractivity contribution is 0.102. The maximum Gasteiger partial charge on any atom is 0.232 e. The fourth-order valence-electron chi connectivity index (χ4n) is 1.35. The molecule has 16 heavy (non-hydrogen) atoms. The van der Waals surface area contributed by atoms with E-state index in [0.717, 1.165) is 5.56 Å². The molecule has 0 spiro atoms. The minimum Gasteiger partial charge on any atom is -0.285 e. The van der Waals surface area contributed by atoms with Crippen molar-refractivity contribution in [2.24, 2.45) is 7.05 Å². The summed E-state index contributed by atoms with van der Waals surface area (Å²) in [4.78, 5) is 16.1. The number of hydrogen-bond acceptors (Lipinski definition) is 4. The number of ketones is 1. The predicted molar refractivity (Wildman–Crippen MR) is 61.1 cm³/mol. The summed E-state index contributed by atoms with van der Waals surface area (Å²) < 4.78 is 1.86. The lowest BCUT2D eigenvalue weighted by Gasteiger charge is -2.01. The Bertz CT molecular complexity index is 530. The first-order chi connectivity index (χ1) is 7.59. The molecule has 82 valence electrons. The Balaban J connectivity index is 2.47. The van der Waals surface area contributed by atoms with Crippen molar-refractivity contribution in [3.8, 4) is 0 Å². The summed E-state index contributed by atoms with van der Waals surface area (Å²) in [6.07, 6.45) is 1.61.